The lowest BCUT2D eigenvalue weighted by Crippen LogP contribution is -2.50. The molecule has 4 aliphatic rings. The van der Waals surface area contributed by atoms with Crippen LogP contribution in [0, 0.1) is 16.7 Å². The Hall–Kier alpha value is 0.330. The van der Waals surface area contributed by atoms with E-state index in [4.69, 9.17) is 4.74 Å². The van der Waals surface area contributed by atoms with Crippen LogP contribution < -0.4 is 0 Å². The number of carbonyl (C=O) groups is 1. The minimum Gasteiger partial charge on any atom is -0.368 e. The van der Waals surface area contributed by atoms with Crippen molar-refractivity contribution in [2.24, 2.45) is 16.7 Å². The highest BCUT2D eigenvalue weighted by molar-refractivity contribution is 8.18. The van der Waals surface area contributed by atoms with Crippen LogP contribution >= 0.6 is 23.5 Å². The van der Waals surface area contributed by atoms with E-state index in [1.54, 1.807) is 0 Å². The van der Waals surface area contributed by atoms with Gasteiger partial charge in [0.2, 0.25) is 0 Å². The normalized spacial score (nSPS) is 48.9. The van der Waals surface area contributed by atoms with Crippen molar-refractivity contribution >= 4 is 29.8 Å². The van der Waals surface area contributed by atoms with Gasteiger partial charge in [0.15, 0.2) is 0 Å². The number of rotatable bonds is 1. The van der Waals surface area contributed by atoms with E-state index < -0.39 is 0 Å². The molecule has 1 spiro atoms. The molecule has 4 heteroatoms. The quantitative estimate of drug-likeness (QED) is 0.656. The van der Waals surface area contributed by atoms with Crippen LogP contribution in [0.4, 0.5) is 0 Å². The Morgan fingerprint density at radius 3 is 2.45 bits per heavy atom. The fraction of sp³-hybridized carbons (Fsp3) is 0.944. The fourth-order valence-electron chi connectivity index (χ4n) is 5.53. The minimum absolute atomic E-state index is 0.218. The van der Waals surface area contributed by atoms with Crippen LogP contribution in [0.3, 0.4) is 0 Å². The van der Waals surface area contributed by atoms with E-state index in [9.17, 15) is 4.79 Å². The van der Waals surface area contributed by atoms with Gasteiger partial charge >= 0.3 is 0 Å². The fourth-order valence-corrected chi connectivity index (χ4v) is 9.06. The molecule has 0 amide bonds. The average molecular weight is 341 g/mol. The molecule has 0 radical (unpaired) electrons. The number of hydrogen-bond donors (Lipinski definition) is 0. The maximum absolute atomic E-state index is 12.3. The highest BCUT2D eigenvalue weighted by Gasteiger charge is 2.71. The number of carbonyl (C=O) groups excluding carboxylic acids is 1. The van der Waals surface area contributed by atoms with Crippen LogP contribution in [0.1, 0.15) is 59.3 Å². The van der Waals surface area contributed by atoms with Gasteiger partial charge in [-0.3, -0.25) is 0 Å². The third-order valence-electron chi connectivity index (χ3n) is 6.96. The standard InChI is InChI=1S/C18H28O2S2/c1-15(2)5-7-17(12-19)13(11-15)14-18(21-9-4-10-22-18)8-6-16(17,3)20-14/h12-14H,4-11H2,1-3H3/t13-,14-,16-,17+/m0/s1. The lowest BCUT2D eigenvalue weighted by molar-refractivity contribution is -0.139. The van der Waals surface area contributed by atoms with Crippen LogP contribution in [-0.4, -0.2) is 33.6 Å². The van der Waals surface area contributed by atoms with Gasteiger partial charge in [0.1, 0.15) is 6.29 Å². The minimum atomic E-state index is -0.227. The molecule has 22 heavy (non-hydrogen) atoms. The molecular formula is C18H28O2S2. The average Bonchev–Trinajstić information content (AvgIpc) is 2.72. The van der Waals surface area contributed by atoms with Gasteiger partial charge in [0, 0.05) is 5.92 Å². The Bertz CT molecular complexity index is 485. The van der Waals surface area contributed by atoms with Crippen LogP contribution in [0.5, 0.6) is 0 Å². The van der Waals surface area contributed by atoms with Crippen LogP contribution in [0.2, 0.25) is 0 Å². The topological polar surface area (TPSA) is 26.3 Å². The SMILES string of the molecule is CC1(C)CC[C@@]2(C=O)[C@@H](C1)[C@@H]1O[C@@]2(C)CCC12SCCCS2. The molecule has 3 saturated heterocycles. The first kappa shape index (κ1) is 15.8. The van der Waals surface area contributed by atoms with E-state index in [0.717, 1.165) is 25.7 Å². The third kappa shape index (κ3) is 1.96. The second-order valence-corrected chi connectivity index (χ2v) is 11.9. The summed E-state index contributed by atoms with van der Waals surface area (Å²) in [6.07, 6.45) is 8.49. The van der Waals surface area contributed by atoms with Gasteiger partial charge in [-0.05, 0) is 62.4 Å². The summed E-state index contributed by atoms with van der Waals surface area (Å²) in [5, 5.41) is 0. The van der Waals surface area contributed by atoms with Crippen molar-refractivity contribution in [1.82, 2.24) is 0 Å². The first-order chi connectivity index (χ1) is 10.4. The summed E-state index contributed by atoms with van der Waals surface area (Å²) >= 11 is 4.26. The number of ether oxygens (including phenoxy) is 1. The van der Waals surface area contributed by atoms with Crippen LogP contribution in [0.15, 0.2) is 0 Å². The van der Waals surface area contributed by atoms with Crippen LogP contribution in [-0.2, 0) is 9.53 Å². The molecule has 3 heterocycles. The summed E-state index contributed by atoms with van der Waals surface area (Å²) in [5.41, 5.74) is -0.0980. The molecule has 0 aromatic rings. The zero-order chi connectivity index (χ0) is 15.6. The second kappa shape index (κ2) is 4.92. The van der Waals surface area contributed by atoms with Crippen molar-refractivity contribution in [3.8, 4) is 0 Å². The van der Waals surface area contributed by atoms with Gasteiger partial charge in [-0.1, -0.05) is 13.8 Å². The second-order valence-electron chi connectivity index (χ2n) is 8.76. The van der Waals surface area contributed by atoms with Gasteiger partial charge in [-0.15, -0.1) is 23.5 Å². The first-order valence-electron chi connectivity index (χ1n) is 8.79. The maximum atomic E-state index is 12.3. The molecule has 2 nitrogen and oxygen atoms in total. The molecular weight excluding hydrogens is 312 g/mol. The molecule has 0 aromatic carbocycles. The maximum Gasteiger partial charge on any atom is 0.129 e. The zero-order valence-electron chi connectivity index (χ0n) is 14.0. The monoisotopic (exact) mass is 340 g/mol. The molecule has 124 valence electrons. The molecule has 0 aromatic heterocycles. The molecule has 2 bridgehead atoms. The third-order valence-corrected chi connectivity index (χ3v) is 10.5. The van der Waals surface area contributed by atoms with Gasteiger partial charge in [-0.2, -0.15) is 0 Å². The van der Waals surface area contributed by atoms with E-state index in [-0.39, 0.29) is 21.2 Å². The predicted octanol–water partition coefficient (Wildman–Crippen LogP) is 4.52. The molecule has 3 aliphatic heterocycles. The summed E-state index contributed by atoms with van der Waals surface area (Å²) in [5.74, 6) is 2.93. The Morgan fingerprint density at radius 2 is 1.77 bits per heavy atom. The van der Waals surface area contributed by atoms with Crippen molar-refractivity contribution in [3.05, 3.63) is 0 Å². The Balaban J connectivity index is 1.77. The largest absolute Gasteiger partial charge is 0.368 e. The molecule has 1 aliphatic carbocycles. The zero-order valence-corrected chi connectivity index (χ0v) is 15.7. The summed E-state index contributed by atoms with van der Waals surface area (Å²) in [6.45, 7) is 6.98. The summed E-state index contributed by atoms with van der Waals surface area (Å²) in [4.78, 5) is 12.3. The van der Waals surface area contributed by atoms with Gasteiger partial charge < -0.3 is 9.53 Å². The highest BCUT2D eigenvalue weighted by Crippen LogP contribution is 2.70. The highest BCUT2D eigenvalue weighted by atomic mass is 32.2. The smallest absolute Gasteiger partial charge is 0.129 e. The Labute approximate surface area is 142 Å². The molecule has 0 N–H and O–H groups in total. The van der Waals surface area contributed by atoms with Crippen molar-refractivity contribution in [2.45, 2.75) is 75.1 Å². The van der Waals surface area contributed by atoms with E-state index >= 15 is 0 Å². The van der Waals surface area contributed by atoms with Crippen molar-refractivity contribution in [2.75, 3.05) is 11.5 Å². The van der Waals surface area contributed by atoms with E-state index in [1.165, 1.54) is 30.6 Å². The molecule has 4 rings (SSSR count). The summed E-state index contributed by atoms with van der Waals surface area (Å²) < 4.78 is 6.96. The molecule has 4 fully saturated rings. The van der Waals surface area contributed by atoms with Crippen molar-refractivity contribution in [3.63, 3.8) is 0 Å². The van der Waals surface area contributed by atoms with E-state index in [1.807, 2.05) is 0 Å². The van der Waals surface area contributed by atoms with E-state index in [0.29, 0.717) is 11.3 Å². The van der Waals surface area contributed by atoms with Gasteiger partial charge in [0.25, 0.3) is 0 Å². The number of fused-ring (bicyclic) bond motifs is 6. The summed E-state index contributed by atoms with van der Waals surface area (Å²) in [6, 6.07) is 0. The Morgan fingerprint density at radius 1 is 1.05 bits per heavy atom. The predicted molar refractivity (Wildman–Crippen MR) is 94.4 cm³/mol. The van der Waals surface area contributed by atoms with Gasteiger partial charge in [0.05, 0.1) is 21.2 Å². The molecule has 4 atom stereocenters. The van der Waals surface area contributed by atoms with Crippen molar-refractivity contribution < 1.29 is 9.53 Å². The van der Waals surface area contributed by atoms with Gasteiger partial charge in [-0.25, -0.2) is 0 Å². The first-order valence-corrected chi connectivity index (χ1v) is 10.8. The van der Waals surface area contributed by atoms with E-state index in [2.05, 4.69) is 44.3 Å². The summed E-state index contributed by atoms with van der Waals surface area (Å²) in [7, 11) is 0. The van der Waals surface area contributed by atoms with Crippen LogP contribution in [0.25, 0.3) is 0 Å². The lowest BCUT2D eigenvalue weighted by atomic mass is 9.54. The number of thioether (sulfide) groups is 2. The molecule has 1 saturated carbocycles. The number of aldehydes is 1. The number of hydrogen-bond acceptors (Lipinski definition) is 4. The molecule has 0 unspecified atom stereocenters. The van der Waals surface area contributed by atoms with Crippen molar-refractivity contribution in [1.29, 1.82) is 0 Å². The lowest BCUT2D eigenvalue weighted by Gasteiger charge is -2.47. The Kier molecular flexibility index (Phi) is 3.54.